The van der Waals surface area contributed by atoms with E-state index in [9.17, 15) is 0 Å². The van der Waals surface area contributed by atoms with Gasteiger partial charge in [0, 0.05) is 19.7 Å². The number of amidine groups is 1. The highest BCUT2D eigenvalue weighted by molar-refractivity contribution is 5.87. The summed E-state index contributed by atoms with van der Waals surface area (Å²) < 4.78 is 5.69. The van der Waals surface area contributed by atoms with Gasteiger partial charge in [0.1, 0.15) is 11.4 Å². The standard InChI is InChI=1S/C11H20N2O/c1-11(6-5-9-14-11)10(12)13-7-3-2-4-8-13/h12H,2-9H2,1H3. The van der Waals surface area contributed by atoms with E-state index in [-0.39, 0.29) is 5.60 Å². The Morgan fingerprint density at radius 3 is 2.50 bits per heavy atom. The summed E-state index contributed by atoms with van der Waals surface area (Å²) in [7, 11) is 0. The van der Waals surface area contributed by atoms with Crippen LogP contribution in [0.4, 0.5) is 0 Å². The number of likely N-dealkylation sites (tertiary alicyclic amines) is 1. The lowest BCUT2D eigenvalue weighted by Gasteiger charge is -2.36. The molecule has 3 heteroatoms. The Labute approximate surface area is 85.9 Å². The molecule has 1 unspecified atom stereocenters. The molecule has 0 saturated carbocycles. The molecule has 0 spiro atoms. The first kappa shape index (κ1) is 9.97. The van der Waals surface area contributed by atoms with E-state index in [0.717, 1.165) is 38.4 Å². The van der Waals surface area contributed by atoms with Crippen LogP contribution in [0, 0.1) is 5.41 Å². The van der Waals surface area contributed by atoms with Crippen molar-refractivity contribution in [3.05, 3.63) is 0 Å². The molecule has 2 heterocycles. The highest BCUT2D eigenvalue weighted by atomic mass is 16.5. The number of hydrogen-bond acceptors (Lipinski definition) is 2. The summed E-state index contributed by atoms with van der Waals surface area (Å²) in [5, 5.41) is 8.18. The van der Waals surface area contributed by atoms with Crippen molar-refractivity contribution in [2.45, 2.75) is 44.6 Å². The number of rotatable bonds is 1. The second-order valence-electron chi connectivity index (χ2n) is 4.58. The molecule has 0 bridgehead atoms. The van der Waals surface area contributed by atoms with Crippen molar-refractivity contribution in [2.24, 2.45) is 0 Å². The van der Waals surface area contributed by atoms with Gasteiger partial charge >= 0.3 is 0 Å². The summed E-state index contributed by atoms with van der Waals surface area (Å²) in [4.78, 5) is 2.20. The summed E-state index contributed by atoms with van der Waals surface area (Å²) in [6.45, 7) is 5.00. The van der Waals surface area contributed by atoms with Gasteiger partial charge in [0.25, 0.3) is 0 Å². The molecule has 1 N–H and O–H groups in total. The van der Waals surface area contributed by atoms with E-state index in [0.29, 0.717) is 0 Å². The molecule has 0 amide bonds. The molecule has 2 fully saturated rings. The van der Waals surface area contributed by atoms with Crippen LogP contribution in [0.3, 0.4) is 0 Å². The summed E-state index contributed by atoms with van der Waals surface area (Å²) in [5.41, 5.74) is -0.280. The van der Waals surface area contributed by atoms with E-state index in [1.54, 1.807) is 0 Å². The third-order valence-corrected chi connectivity index (χ3v) is 3.39. The van der Waals surface area contributed by atoms with Crippen LogP contribution in [0.25, 0.3) is 0 Å². The number of nitrogens with one attached hydrogen (secondary N) is 1. The lowest BCUT2D eigenvalue weighted by atomic mass is 9.99. The van der Waals surface area contributed by atoms with Crippen molar-refractivity contribution < 1.29 is 4.74 Å². The summed E-state index contributed by atoms with van der Waals surface area (Å²) in [6.07, 6.45) is 5.91. The molecule has 2 saturated heterocycles. The maximum atomic E-state index is 8.18. The van der Waals surface area contributed by atoms with E-state index in [4.69, 9.17) is 10.1 Å². The summed E-state index contributed by atoms with van der Waals surface area (Å²) in [5.74, 6) is 0.717. The van der Waals surface area contributed by atoms with Gasteiger partial charge in [-0.15, -0.1) is 0 Å². The number of ether oxygens (including phenoxy) is 1. The lowest BCUT2D eigenvalue weighted by molar-refractivity contribution is 0.0638. The summed E-state index contributed by atoms with van der Waals surface area (Å²) >= 11 is 0. The third kappa shape index (κ3) is 1.78. The lowest BCUT2D eigenvalue weighted by Crippen LogP contribution is -2.48. The number of hydrogen-bond donors (Lipinski definition) is 1. The quantitative estimate of drug-likeness (QED) is 0.514. The van der Waals surface area contributed by atoms with Gasteiger partial charge in [-0.1, -0.05) is 0 Å². The van der Waals surface area contributed by atoms with E-state index < -0.39 is 0 Å². The molecule has 2 aliphatic rings. The Bertz CT molecular complexity index is 215. The SMILES string of the molecule is CC1(C(=N)N2CCCCC2)CCCO1. The van der Waals surface area contributed by atoms with Crippen molar-refractivity contribution in [3.8, 4) is 0 Å². The average molecular weight is 196 g/mol. The fraction of sp³-hybridized carbons (Fsp3) is 0.909. The van der Waals surface area contributed by atoms with Crippen LogP contribution in [0.15, 0.2) is 0 Å². The molecule has 3 nitrogen and oxygen atoms in total. The number of nitrogens with zero attached hydrogens (tertiary/aromatic N) is 1. The van der Waals surface area contributed by atoms with E-state index >= 15 is 0 Å². The van der Waals surface area contributed by atoms with Gasteiger partial charge in [0.15, 0.2) is 0 Å². The van der Waals surface area contributed by atoms with Crippen molar-refractivity contribution in [3.63, 3.8) is 0 Å². The van der Waals surface area contributed by atoms with Crippen LogP contribution in [0.2, 0.25) is 0 Å². The maximum absolute atomic E-state index is 8.18. The van der Waals surface area contributed by atoms with Gasteiger partial charge in [-0.05, 0) is 39.0 Å². The molecule has 1 atom stereocenters. The smallest absolute Gasteiger partial charge is 0.128 e. The predicted octanol–water partition coefficient (Wildman–Crippen LogP) is 2.02. The monoisotopic (exact) mass is 196 g/mol. The first-order chi connectivity index (χ1) is 6.72. The highest BCUT2D eigenvalue weighted by Gasteiger charge is 2.37. The molecule has 0 aliphatic carbocycles. The number of piperidine rings is 1. The first-order valence-corrected chi connectivity index (χ1v) is 5.70. The zero-order valence-corrected chi connectivity index (χ0v) is 9.01. The second kappa shape index (κ2) is 3.89. The minimum atomic E-state index is -0.280. The van der Waals surface area contributed by atoms with Gasteiger partial charge in [-0.25, -0.2) is 0 Å². The normalized spacial score (nSPS) is 33.4. The maximum Gasteiger partial charge on any atom is 0.128 e. The summed E-state index contributed by atoms with van der Waals surface area (Å²) in [6, 6.07) is 0. The van der Waals surface area contributed by atoms with Crippen LogP contribution >= 0.6 is 0 Å². The Morgan fingerprint density at radius 1 is 1.21 bits per heavy atom. The van der Waals surface area contributed by atoms with Crippen molar-refractivity contribution in [1.29, 1.82) is 5.41 Å². The van der Waals surface area contributed by atoms with Crippen LogP contribution in [-0.2, 0) is 4.74 Å². The zero-order chi connectivity index (χ0) is 10.0. The largest absolute Gasteiger partial charge is 0.367 e. The third-order valence-electron chi connectivity index (χ3n) is 3.39. The Hall–Kier alpha value is -0.570. The minimum Gasteiger partial charge on any atom is -0.367 e. The molecule has 14 heavy (non-hydrogen) atoms. The Morgan fingerprint density at radius 2 is 1.93 bits per heavy atom. The molecule has 0 radical (unpaired) electrons. The minimum absolute atomic E-state index is 0.280. The zero-order valence-electron chi connectivity index (χ0n) is 9.01. The van der Waals surface area contributed by atoms with Crippen LogP contribution in [0.1, 0.15) is 39.0 Å². The van der Waals surface area contributed by atoms with Crippen molar-refractivity contribution in [2.75, 3.05) is 19.7 Å². The van der Waals surface area contributed by atoms with Gasteiger partial charge in [-0.2, -0.15) is 0 Å². The molecule has 0 aromatic carbocycles. The molecule has 2 rings (SSSR count). The van der Waals surface area contributed by atoms with Gasteiger partial charge in [-0.3, -0.25) is 5.41 Å². The molecular formula is C11H20N2O. The van der Waals surface area contributed by atoms with E-state index in [2.05, 4.69) is 11.8 Å². The van der Waals surface area contributed by atoms with Gasteiger partial charge in [0.2, 0.25) is 0 Å². The Balaban J connectivity index is 1.98. The molecule has 80 valence electrons. The molecule has 0 aromatic rings. The highest BCUT2D eigenvalue weighted by Crippen LogP contribution is 2.28. The van der Waals surface area contributed by atoms with E-state index in [1.807, 2.05) is 0 Å². The average Bonchev–Trinajstić information content (AvgIpc) is 2.67. The molecular weight excluding hydrogens is 176 g/mol. The predicted molar refractivity (Wildman–Crippen MR) is 56.7 cm³/mol. The second-order valence-corrected chi connectivity index (χ2v) is 4.58. The van der Waals surface area contributed by atoms with Crippen LogP contribution < -0.4 is 0 Å². The van der Waals surface area contributed by atoms with Gasteiger partial charge in [0.05, 0.1) is 0 Å². The van der Waals surface area contributed by atoms with Crippen LogP contribution in [-0.4, -0.2) is 36.0 Å². The van der Waals surface area contributed by atoms with Crippen molar-refractivity contribution in [1.82, 2.24) is 4.90 Å². The fourth-order valence-corrected chi connectivity index (χ4v) is 2.42. The van der Waals surface area contributed by atoms with Crippen LogP contribution in [0.5, 0.6) is 0 Å². The van der Waals surface area contributed by atoms with E-state index in [1.165, 1.54) is 19.3 Å². The fourth-order valence-electron chi connectivity index (χ4n) is 2.42. The van der Waals surface area contributed by atoms with Crippen molar-refractivity contribution >= 4 is 5.84 Å². The molecule has 0 aromatic heterocycles. The first-order valence-electron chi connectivity index (χ1n) is 5.70. The van der Waals surface area contributed by atoms with Gasteiger partial charge < -0.3 is 9.64 Å². The Kier molecular flexibility index (Phi) is 2.77. The topological polar surface area (TPSA) is 36.3 Å². The molecule has 2 aliphatic heterocycles.